The van der Waals surface area contributed by atoms with Crippen LogP contribution < -0.4 is 15.5 Å². The molecule has 1 unspecified atom stereocenters. The molecule has 1 aliphatic heterocycles. The van der Waals surface area contributed by atoms with Crippen molar-refractivity contribution in [1.82, 2.24) is 25.5 Å². The molecule has 9 heteroatoms. The van der Waals surface area contributed by atoms with E-state index in [1.165, 1.54) is 0 Å². The number of carbonyl (C=O) groups is 1. The maximum absolute atomic E-state index is 13.4. The maximum Gasteiger partial charge on any atom is 0.231 e. The first-order valence-corrected chi connectivity index (χ1v) is 12.9. The number of aromatic nitrogens is 4. The van der Waals surface area contributed by atoms with Gasteiger partial charge in [0.25, 0.3) is 0 Å². The lowest BCUT2D eigenvalue weighted by Gasteiger charge is -2.32. The summed E-state index contributed by atoms with van der Waals surface area (Å²) in [4.78, 5) is 25.1. The van der Waals surface area contributed by atoms with Crippen LogP contribution in [0.25, 0.3) is 11.0 Å². The molecule has 0 fully saturated rings. The smallest absolute Gasteiger partial charge is 0.231 e. The van der Waals surface area contributed by atoms with Crippen molar-refractivity contribution in [3.05, 3.63) is 112 Å². The van der Waals surface area contributed by atoms with Gasteiger partial charge < -0.3 is 15.5 Å². The predicted molar refractivity (Wildman–Crippen MR) is 149 cm³/mol. The lowest BCUT2D eigenvalue weighted by atomic mass is 9.96. The van der Waals surface area contributed by atoms with Crippen LogP contribution in [0.3, 0.4) is 0 Å². The molecule has 1 amide bonds. The molecule has 0 bridgehead atoms. The van der Waals surface area contributed by atoms with Gasteiger partial charge in [-0.15, -0.1) is 0 Å². The fraction of sp³-hybridized carbons (Fsp3) is 0.172. The van der Waals surface area contributed by atoms with Crippen LogP contribution in [-0.4, -0.2) is 32.6 Å². The number of carbonyl (C=O) groups excluding carboxylic acids is 1. The Morgan fingerprint density at radius 1 is 0.921 bits per heavy atom. The second-order valence-corrected chi connectivity index (χ2v) is 9.68. The molecule has 5 aromatic rings. The molecule has 0 saturated carbocycles. The van der Waals surface area contributed by atoms with Crippen molar-refractivity contribution in [2.24, 2.45) is 0 Å². The zero-order chi connectivity index (χ0) is 25.9. The molecular formula is C29H26ClN7O. The average molecular weight is 524 g/mol. The van der Waals surface area contributed by atoms with Gasteiger partial charge in [0.2, 0.25) is 11.9 Å². The van der Waals surface area contributed by atoms with Crippen molar-refractivity contribution in [3.63, 3.8) is 0 Å². The van der Waals surface area contributed by atoms with Crippen molar-refractivity contribution in [2.45, 2.75) is 25.6 Å². The third-order valence-electron chi connectivity index (χ3n) is 6.71. The Bertz CT molecular complexity index is 1570. The number of H-pyrrole nitrogens is 1. The Hall–Kier alpha value is -4.43. The van der Waals surface area contributed by atoms with E-state index < -0.39 is 5.92 Å². The molecule has 0 aliphatic carbocycles. The van der Waals surface area contributed by atoms with Crippen molar-refractivity contribution in [3.8, 4) is 0 Å². The third kappa shape index (κ3) is 4.90. The lowest BCUT2D eigenvalue weighted by Crippen LogP contribution is -2.40. The minimum absolute atomic E-state index is 0.0657. The number of hydrogen-bond donors (Lipinski definition) is 3. The number of rotatable bonds is 8. The van der Waals surface area contributed by atoms with Gasteiger partial charge in [-0.3, -0.25) is 9.89 Å². The van der Waals surface area contributed by atoms with Crippen LogP contribution in [0.2, 0.25) is 5.02 Å². The fourth-order valence-corrected chi connectivity index (χ4v) is 4.97. The quantitative estimate of drug-likeness (QED) is 0.263. The van der Waals surface area contributed by atoms with Gasteiger partial charge in [0.15, 0.2) is 5.65 Å². The van der Waals surface area contributed by atoms with E-state index in [4.69, 9.17) is 16.6 Å². The van der Waals surface area contributed by atoms with Gasteiger partial charge in [0, 0.05) is 31.2 Å². The Morgan fingerprint density at radius 3 is 2.39 bits per heavy atom. The number of anilines is 2. The molecule has 0 spiro atoms. The summed E-state index contributed by atoms with van der Waals surface area (Å²) in [5, 5.41) is 15.4. The number of benzene rings is 3. The highest BCUT2D eigenvalue weighted by molar-refractivity contribution is 6.31. The molecule has 0 radical (unpaired) electrons. The van der Waals surface area contributed by atoms with Gasteiger partial charge in [0.05, 0.1) is 17.0 Å². The molecular weight excluding hydrogens is 498 g/mol. The van der Waals surface area contributed by atoms with Gasteiger partial charge in [-0.2, -0.15) is 15.1 Å². The molecule has 6 rings (SSSR count). The van der Waals surface area contributed by atoms with Crippen LogP contribution >= 0.6 is 11.6 Å². The van der Waals surface area contributed by atoms with E-state index in [1.54, 1.807) is 0 Å². The van der Waals surface area contributed by atoms with E-state index in [0.717, 1.165) is 33.6 Å². The number of aromatic amines is 1. The fourth-order valence-electron chi connectivity index (χ4n) is 4.77. The Balaban J connectivity index is 1.32. The summed E-state index contributed by atoms with van der Waals surface area (Å²) in [5.41, 5.74) is 4.38. The first-order valence-electron chi connectivity index (χ1n) is 12.5. The summed E-state index contributed by atoms with van der Waals surface area (Å²) in [5.74, 6) is 0.696. The lowest BCUT2D eigenvalue weighted by molar-refractivity contribution is -0.122. The normalized spacial score (nSPS) is 14.4. The first kappa shape index (κ1) is 23.9. The number of halogens is 1. The average Bonchev–Trinajstić information content (AvgIpc) is 3.38. The Labute approximate surface area is 225 Å². The van der Waals surface area contributed by atoms with Gasteiger partial charge in [-0.05, 0) is 22.8 Å². The molecule has 38 heavy (non-hydrogen) atoms. The van der Waals surface area contributed by atoms with Crippen molar-refractivity contribution in [1.29, 1.82) is 0 Å². The topological polar surface area (TPSA) is 98.8 Å². The van der Waals surface area contributed by atoms with E-state index in [-0.39, 0.29) is 5.91 Å². The van der Waals surface area contributed by atoms with Gasteiger partial charge >= 0.3 is 0 Å². The van der Waals surface area contributed by atoms with E-state index in [1.807, 2.05) is 72.8 Å². The zero-order valence-corrected chi connectivity index (χ0v) is 21.3. The van der Waals surface area contributed by atoms with E-state index in [2.05, 4.69) is 42.8 Å². The van der Waals surface area contributed by atoms with Crippen LogP contribution in [0, 0.1) is 0 Å². The summed E-state index contributed by atoms with van der Waals surface area (Å²) < 4.78 is 0. The molecule has 8 nitrogen and oxygen atoms in total. The summed E-state index contributed by atoms with van der Waals surface area (Å²) in [6.07, 6.45) is 0. The minimum Gasteiger partial charge on any atom is -0.351 e. The summed E-state index contributed by atoms with van der Waals surface area (Å²) in [6.45, 7) is 2.00. The first-order chi connectivity index (χ1) is 18.7. The molecule has 1 atom stereocenters. The van der Waals surface area contributed by atoms with Crippen LogP contribution in [0.5, 0.6) is 0 Å². The zero-order valence-electron chi connectivity index (χ0n) is 20.6. The van der Waals surface area contributed by atoms with Crippen LogP contribution in [0.4, 0.5) is 11.8 Å². The van der Waals surface area contributed by atoms with E-state index in [0.29, 0.717) is 42.8 Å². The molecule has 0 saturated heterocycles. The molecule has 2 aromatic heterocycles. The molecule has 1 aliphatic rings. The second-order valence-electron chi connectivity index (χ2n) is 9.27. The van der Waals surface area contributed by atoms with E-state index >= 15 is 0 Å². The molecule has 190 valence electrons. The minimum atomic E-state index is -0.439. The number of hydrogen-bond acceptors (Lipinski definition) is 6. The van der Waals surface area contributed by atoms with Gasteiger partial charge in [0.1, 0.15) is 5.82 Å². The summed E-state index contributed by atoms with van der Waals surface area (Å²) in [6, 6.07) is 27.7. The molecule has 3 aromatic carbocycles. The Morgan fingerprint density at radius 2 is 1.63 bits per heavy atom. The number of amides is 1. The van der Waals surface area contributed by atoms with E-state index in [9.17, 15) is 4.79 Å². The Kier molecular flexibility index (Phi) is 6.62. The van der Waals surface area contributed by atoms with Crippen LogP contribution in [0.15, 0.2) is 84.9 Å². The highest BCUT2D eigenvalue weighted by Crippen LogP contribution is 2.38. The molecule has 3 heterocycles. The van der Waals surface area contributed by atoms with Crippen LogP contribution in [-0.2, 0) is 24.4 Å². The number of nitrogens with one attached hydrogen (secondary N) is 3. The van der Waals surface area contributed by atoms with Crippen molar-refractivity contribution < 1.29 is 4.79 Å². The van der Waals surface area contributed by atoms with Gasteiger partial charge in [-0.25, -0.2) is 0 Å². The standard InChI is InChI=1S/C29H26ClN7O/c30-23-14-8-7-13-21(23)16-32-29-33-26-24-25(35-36-26)22(28(38)31-15-19-9-3-1-4-10-19)18-37(27(24)34-29)17-20-11-5-2-6-12-20/h1-14,22H,15-18H2,(H,31,38)(H2,32,33,34,35,36). The monoisotopic (exact) mass is 523 g/mol. The number of nitrogens with zero attached hydrogens (tertiary/aromatic N) is 4. The third-order valence-corrected chi connectivity index (χ3v) is 7.08. The van der Waals surface area contributed by atoms with Crippen LogP contribution in [0.1, 0.15) is 28.3 Å². The molecule has 3 N–H and O–H groups in total. The highest BCUT2D eigenvalue weighted by Gasteiger charge is 2.35. The van der Waals surface area contributed by atoms with Crippen molar-refractivity contribution in [2.75, 3.05) is 16.8 Å². The summed E-state index contributed by atoms with van der Waals surface area (Å²) in [7, 11) is 0. The predicted octanol–water partition coefficient (Wildman–Crippen LogP) is 5.04. The summed E-state index contributed by atoms with van der Waals surface area (Å²) >= 11 is 6.34. The largest absolute Gasteiger partial charge is 0.351 e. The maximum atomic E-state index is 13.4. The highest BCUT2D eigenvalue weighted by atomic mass is 35.5. The second kappa shape index (κ2) is 10.5. The van der Waals surface area contributed by atoms with Crippen molar-refractivity contribution >= 4 is 40.3 Å². The SMILES string of the molecule is O=C(NCc1ccccc1)C1CN(Cc2ccccc2)c2nc(NCc3ccccc3Cl)nc3n[nH]c1c23. The van der Waals surface area contributed by atoms with Gasteiger partial charge in [-0.1, -0.05) is 90.5 Å².